The highest BCUT2D eigenvalue weighted by molar-refractivity contribution is 5.81. The first-order valence-electron chi connectivity index (χ1n) is 6.55. The Bertz CT molecular complexity index is 593. The monoisotopic (exact) mass is 259 g/mol. The molecule has 1 atom stereocenters. The van der Waals surface area contributed by atoms with Crippen LogP contribution in [0.15, 0.2) is 29.0 Å². The second-order valence-electron chi connectivity index (χ2n) is 5.03. The molecule has 0 aliphatic carbocycles. The molecule has 1 aliphatic rings. The van der Waals surface area contributed by atoms with Gasteiger partial charge in [0.15, 0.2) is 12.0 Å². The van der Waals surface area contributed by atoms with Crippen LogP contribution in [0.25, 0.3) is 11.1 Å². The quantitative estimate of drug-likeness (QED) is 0.880. The third-order valence-corrected chi connectivity index (χ3v) is 3.47. The smallest absolute Gasteiger partial charge is 0.227 e. The second kappa shape index (κ2) is 5.01. The molecule has 1 unspecified atom stereocenters. The third kappa shape index (κ3) is 2.61. The average Bonchev–Trinajstić information content (AvgIpc) is 2.86. The first kappa shape index (κ1) is 12.2. The lowest BCUT2D eigenvalue weighted by Crippen LogP contribution is -2.51. The fraction of sp³-hybridized carbons (Fsp3) is 0.429. The van der Waals surface area contributed by atoms with Gasteiger partial charge in [0.2, 0.25) is 5.91 Å². The summed E-state index contributed by atoms with van der Waals surface area (Å²) in [4.78, 5) is 18.2. The van der Waals surface area contributed by atoms with Crippen molar-refractivity contribution in [1.82, 2.24) is 15.2 Å². The zero-order valence-electron chi connectivity index (χ0n) is 10.9. The molecule has 2 heterocycles. The van der Waals surface area contributed by atoms with Crippen LogP contribution in [0.1, 0.15) is 12.5 Å². The number of carbonyl (C=O) groups is 1. The first-order chi connectivity index (χ1) is 9.22. The molecule has 2 aromatic rings. The van der Waals surface area contributed by atoms with Crippen LogP contribution in [0, 0.1) is 0 Å². The number of hydrogen-bond donors (Lipinski definition) is 1. The fourth-order valence-corrected chi connectivity index (χ4v) is 2.45. The van der Waals surface area contributed by atoms with E-state index >= 15 is 0 Å². The summed E-state index contributed by atoms with van der Waals surface area (Å²) in [7, 11) is 0. The Balaban J connectivity index is 1.71. The largest absolute Gasteiger partial charge is 0.443 e. The molecular formula is C14H17N3O2. The Morgan fingerprint density at radius 3 is 3.32 bits per heavy atom. The van der Waals surface area contributed by atoms with Crippen molar-refractivity contribution < 1.29 is 9.21 Å². The minimum Gasteiger partial charge on any atom is -0.443 e. The number of amides is 1. The molecule has 3 rings (SSSR count). The molecule has 1 amide bonds. The van der Waals surface area contributed by atoms with Crippen LogP contribution < -0.4 is 5.32 Å². The lowest BCUT2D eigenvalue weighted by atomic mass is 10.1. The third-order valence-electron chi connectivity index (χ3n) is 3.47. The number of rotatable bonds is 2. The highest BCUT2D eigenvalue weighted by atomic mass is 16.3. The van der Waals surface area contributed by atoms with E-state index in [0.29, 0.717) is 12.5 Å². The maximum absolute atomic E-state index is 12.2. The SMILES string of the molecule is CC1CN(C(=O)Cc2ccc3ncoc3c2)CCN1. The summed E-state index contributed by atoms with van der Waals surface area (Å²) >= 11 is 0. The van der Waals surface area contributed by atoms with Gasteiger partial charge in [-0.3, -0.25) is 4.79 Å². The molecule has 1 aromatic carbocycles. The highest BCUT2D eigenvalue weighted by Gasteiger charge is 2.20. The number of oxazole rings is 1. The molecule has 1 aromatic heterocycles. The van der Waals surface area contributed by atoms with Crippen LogP contribution in [-0.4, -0.2) is 41.5 Å². The van der Waals surface area contributed by atoms with Crippen molar-refractivity contribution in [2.75, 3.05) is 19.6 Å². The molecule has 5 nitrogen and oxygen atoms in total. The highest BCUT2D eigenvalue weighted by Crippen LogP contribution is 2.15. The van der Waals surface area contributed by atoms with Gasteiger partial charge in [0.25, 0.3) is 0 Å². The van der Waals surface area contributed by atoms with Gasteiger partial charge in [0, 0.05) is 25.7 Å². The van der Waals surface area contributed by atoms with E-state index in [-0.39, 0.29) is 5.91 Å². The predicted octanol–water partition coefficient (Wildman–Crippen LogP) is 1.19. The molecule has 1 N–H and O–H groups in total. The van der Waals surface area contributed by atoms with E-state index in [1.807, 2.05) is 23.1 Å². The van der Waals surface area contributed by atoms with E-state index in [4.69, 9.17) is 4.42 Å². The number of nitrogens with one attached hydrogen (secondary N) is 1. The summed E-state index contributed by atoms with van der Waals surface area (Å²) < 4.78 is 5.26. The zero-order valence-corrected chi connectivity index (χ0v) is 10.9. The van der Waals surface area contributed by atoms with Crippen molar-refractivity contribution in [3.05, 3.63) is 30.2 Å². The van der Waals surface area contributed by atoms with Gasteiger partial charge in [0.1, 0.15) is 5.52 Å². The number of piperazine rings is 1. The van der Waals surface area contributed by atoms with E-state index in [0.717, 1.165) is 36.3 Å². The minimum absolute atomic E-state index is 0.173. The molecule has 100 valence electrons. The molecule has 0 saturated carbocycles. The molecule has 0 spiro atoms. The molecule has 1 fully saturated rings. The molecule has 1 saturated heterocycles. The van der Waals surface area contributed by atoms with Gasteiger partial charge in [-0.05, 0) is 24.6 Å². The summed E-state index contributed by atoms with van der Waals surface area (Å²) in [6.07, 6.45) is 1.84. The van der Waals surface area contributed by atoms with E-state index in [2.05, 4.69) is 17.2 Å². The number of nitrogens with zero attached hydrogens (tertiary/aromatic N) is 2. The van der Waals surface area contributed by atoms with Gasteiger partial charge in [-0.2, -0.15) is 0 Å². The Hall–Kier alpha value is -1.88. The van der Waals surface area contributed by atoms with E-state index in [9.17, 15) is 4.79 Å². The van der Waals surface area contributed by atoms with Gasteiger partial charge >= 0.3 is 0 Å². The average molecular weight is 259 g/mol. The summed E-state index contributed by atoms with van der Waals surface area (Å²) in [5.41, 5.74) is 2.53. The Morgan fingerprint density at radius 2 is 2.47 bits per heavy atom. The molecule has 0 bridgehead atoms. The van der Waals surface area contributed by atoms with Gasteiger partial charge in [0.05, 0.1) is 6.42 Å². The lowest BCUT2D eigenvalue weighted by molar-refractivity contribution is -0.131. The number of aromatic nitrogens is 1. The minimum atomic E-state index is 0.173. The maximum Gasteiger partial charge on any atom is 0.227 e. The summed E-state index contributed by atoms with van der Waals surface area (Å²) in [6.45, 7) is 4.53. The fourth-order valence-electron chi connectivity index (χ4n) is 2.45. The first-order valence-corrected chi connectivity index (χ1v) is 6.55. The molecular weight excluding hydrogens is 242 g/mol. The van der Waals surface area contributed by atoms with E-state index in [1.54, 1.807) is 0 Å². The molecule has 1 aliphatic heterocycles. The van der Waals surface area contributed by atoms with Crippen molar-refractivity contribution >= 4 is 17.0 Å². The summed E-state index contributed by atoms with van der Waals surface area (Å²) in [6, 6.07) is 6.09. The number of fused-ring (bicyclic) bond motifs is 1. The van der Waals surface area contributed by atoms with Crippen molar-refractivity contribution in [1.29, 1.82) is 0 Å². The maximum atomic E-state index is 12.2. The number of benzene rings is 1. The normalized spacial score (nSPS) is 19.8. The van der Waals surface area contributed by atoms with Gasteiger partial charge < -0.3 is 14.6 Å². The van der Waals surface area contributed by atoms with Crippen LogP contribution >= 0.6 is 0 Å². The van der Waals surface area contributed by atoms with Crippen molar-refractivity contribution in [3.8, 4) is 0 Å². The van der Waals surface area contributed by atoms with E-state index < -0.39 is 0 Å². The van der Waals surface area contributed by atoms with Crippen LogP contribution in [0.5, 0.6) is 0 Å². The zero-order chi connectivity index (χ0) is 13.2. The van der Waals surface area contributed by atoms with Gasteiger partial charge in [-0.1, -0.05) is 6.07 Å². The number of carbonyl (C=O) groups excluding carboxylic acids is 1. The topological polar surface area (TPSA) is 58.4 Å². The lowest BCUT2D eigenvalue weighted by Gasteiger charge is -2.32. The van der Waals surface area contributed by atoms with Crippen molar-refractivity contribution in [2.24, 2.45) is 0 Å². The molecule has 5 heteroatoms. The Kier molecular flexibility index (Phi) is 3.21. The molecule has 0 radical (unpaired) electrons. The van der Waals surface area contributed by atoms with Crippen molar-refractivity contribution in [3.63, 3.8) is 0 Å². The van der Waals surface area contributed by atoms with Gasteiger partial charge in [-0.25, -0.2) is 4.98 Å². The van der Waals surface area contributed by atoms with Crippen molar-refractivity contribution in [2.45, 2.75) is 19.4 Å². The van der Waals surface area contributed by atoms with Gasteiger partial charge in [-0.15, -0.1) is 0 Å². The number of hydrogen-bond acceptors (Lipinski definition) is 4. The van der Waals surface area contributed by atoms with E-state index in [1.165, 1.54) is 6.39 Å². The van der Waals surface area contributed by atoms with Crippen LogP contribution in [-0.2, 0) is 11.2 Å². The standard InChI is InChI=1S/C14H17N3O2/c1-10-8-17(5-4-15-10)14(18)7-11-2-3-12-13(6-11)19-9-16-12/h2-3,6,9-10,15H,4-5,7-8H2,1H3. The summed E-state index contributed by atoms with van der Waals surface area (Å²) in [5, 5.41) is 3.33. The Morgan fingerprint density at radius 1 is 1.58 bits per heavy atom. The van der Waals surface area contributed by atoms with Crippen LogP contribution in [0.4, 0.5) is 0 Å². The Labute approximate surface area is 111 Å². The second-order valence-corrected chi connectivity index (χ2v) is 5.03. The predicted molar refractivity (Wildman–Crippen MR) is 71.8 cm³/mol. The van der Waals surface area contributed by atoms with Crippen LogP contribution in [0.2, 0.25) is 0 Å². The summed E-state index contributed by atoms with van der Waals surface area (Å²) in [5.74, 6) is 0.173. The van der Waals surface area contributed by atoms with Crippen LogP contribution in [0.3, 0.4) is 0 Å². The molecule has 19 heavy (non-hydrogen) atoms.